The van der Waals surface area contributed by atoms with Crippen LogP contribution in [0.2, 0.25) is 0 Å². The van der Waals surface area contributed by atoms with Gasteiger partial charge in [0.2, 0.25) is 0 Å². The highest BCUT2D eigenvalue weighted by molar-refractivity contribution is 9.10. The molecule has 0 saturated carbocycles. The van der Waals surface area contributed by atoms with E-state index < -0.39 is 11.2 Å². The molecule has 0 radical (unpaired) electrons. The van der Waals surface area contributed by atoms with E-state index in [0.29, 0.717) is 32.6 Å². The van der Waals surface area contributed by atoms with Crippen LogP contribution >= 0.6 is 31.9 Å². The van der Waals surface area contributed by atoms with Crippen molar-refractivity contribution in [3.8, 4) is 5.75 Å². The van der Waals surface area contributed by atoms with Crippen molar-refractivity contribution in [2.24, 2.45) is 11.8 Å². The van der Waals surface area contributed by atoms with Crippen LogP contribution in [0, 0.1) is 11.8 Å². The number of carbonyl (C=O) groups excluding carboxylic acids is 4. The van der Waals surface area contributed by atoms with Crippen molar-refractivity contribution < 1.29 is 33.4 Å². The zero-order valence-corrected chi connectivity index (χ0v) is 34.0. The maximum atomic E-state index is 13.3. The van der Waals surface area contributed by atoms with Crippen LogP contribution in [-0.2, 0) is 19.1 Å². The van der Waals surface area contributed by atoms with Gasteiger partial charge in [0, 0.05) is 64.0 Å². The molecule has 2 aliphatic heterocycles. The first-order chi connectivity index (χ1) is 24.4. The number of anilines is 3. The van der Waals surface area contributed by atoms with Crippen LogP contribution in [0.5, 0.6) is 5.75 Å². The van der Waals surface area contributed by atoms with Crippen molar-refractivity contribution in [2.45, 2.75) is 65.6 Å². The first-order valence-corrected chi connectivity index (χ1v) is 18.7. The van der Waals surface area contributed by atoms with Crippen molar-refractivity contribution in [1.82, 2.24) is 5.32 Å². The third-order valence-corrected chi connectivity index (χ3v) is 9.04. The molecule has 13 heteroatoms. The maximum absolute atomic E-state index is 13.3. The molecular weight excluding hydrogens is 796 g/mol. The van der Waals surface area contributed by atoms with E-state index in [1.165, 1.54) is 0 Å². The summed E-state index contributed by atoms with van der Waals surface area (Å²) in [6.45, 7) is 13.0. The average molecular weight is 845 g/mol. The Morgan fingerprint density at radius 3 is 1.46 bits per heavy atom. The number of methoxy groups -OCH3 is 1. The molecule has 280 valence electrons. The van der Waals surface area contributed by atoms with E-state index in [0.717, 1.165) is 31.8 Å². The van der Waals surface area contributed by atoms with E-state index in [1.807, 2.05) is 114 Å². The maximum Gasteiger partial charge on any atom is 0.328 e. The van der Waals surface area contributed by atoms with E-state index in [-0.39, 0.29) is 42.3 Å². The monoisotopic (exact) mass is 842 g/mol. The van der Waals surface area contributed by atoms with Gasteiger partial charge in [0.15, 0.2) is 0 Å². The molecule has 0 aromatic heterocycles. The molecule has 2 unspecified atom stereocenters. The van der Waals surface area contributed by atoms with Crippen molar-refractivity contribution in [3.63, 3.8) is 0 Å². The zero-order valence-electron chi connectivity index (χ0n) is 30.8. The van der Waals surface area contributed by atoms with Crippen LogP contribution in [-0.4, -0.2) is 68.5 Å². The molecule has 2 fully saturated rings. The van der Waals surface area contributed by atoms with Crippen LogP contribution in [0.15, 0.2) is 81.7 Å². The highest BCUT2D eigenvalue weighted by atomic mass is 79.9. The molecule has 0 bridgehead atoms. The largest absolute Gasteiger partial charge is 0.497 e. The van der Waals surface area contributed by atoms with Gasteiger partial charge in [0.05, 0.1) is 20.0 Å². The predicted octanol–water partition coefficient (Wildman–Crippen LogP) is 8.58. The number of amides is 4. The second-order valence-electron chi connectivity index (χ2n) is 14.8. The Balaban J connectivity index is 0.000000244. The first kappa shape index (κ1) is 40.7. The van der Waals surface area contributed by atoms with Crippen LogP contribution in [0.1, 0.15) is 54.4 Å². The Kier molecular flexibility index (Phi) is 13.8. The second-order valence-corrected chi connectivity index (χ2v) is 16.6. The van der Waals surface area contributed by atoms with Crippen LogP contribution < -0.4 is 24.8 Å². The summed E-state index contributed by atoms with van der Waals surface area (Å²) in [4.78, 5) is 54.8. The van der Waals surface area contributed by atoms with E-state index in [1.54, 1.807) is 21.8 Å². The molecule has 52 heavy (non-hydrogen) atoms. The van der Waals surface area contributed by atoms with Gasteiger partial charge in [0.25, 0.3) is 0 Å². The minimum atomic E-state index is -0.539. The van der Waals surface area contributed by atoms with Crippen LogP contribution in [0.4, 0.5) is 26.7 Å². The lowest BCUT2D eigenvalue weighted by atomic mass is 10.0. The number of benzene rings is 3. The van der Waals surface area contributed by atoms with Gasteiger partial charge in [-0.25, -0.2) is 9.59 Å². The quantitative estimate of drug-likeness (QED) is 0.226. The average Bonchev–Trinajstić information content (AvgIpc) is 3.06. The second kappa shape index (κ2) is 17.6. The van der Waals surface area contributed by atoms with Crippen LogP contribution in [0.3, 0.4) is 0 Å². The summed E-state index contributed by atoms with van der Waals surface area (Å²) in [5.41, 5.74) is 1.34. The molecule has 2 heterocycles. The first-order valence-electron chi connectivity index (χ1n) is 17.1. The number of carbonyl (C=O) groups is 4. The van der Waals surface area contributed by atoms with Crippen molar-refractivity contribution >= 4 is 72.9 Å². The van der Waals surface area contributed by atoms with Gasteiger partial charge in [-0.15, -0.1) is 0 Å². The summed E-state index contributed by atoms with van der Waals surface area (Å²) in [7, 11) is 1.60. The lowest BCUT2D eigenvalue weighted by molar-refractivity contribution is -0.157. The van der Waals surface area contributed by atoms with E-state index in [9.17, 15) is 19.2 Å². The number of hydrogen-bond acceptors (Lipinski definition) is 7. The predicted molar refractivity (Wildman–Crippen MR) is 210 cm³/mol. The SMILES string of the molecule is CC(C)(C)OC(=O)CC1CNC(=O)N(c2ccc(Br)cc2)C1.COc1ccc(N2CC(CC(=O)OC(C)(C)C)CN(c3ccc(Br)cc3)C2=O)cc1. The fourth-order valence-electron chi connectivity index (χ4n) is 5.77. The summed E-state index contributed by atoms with van der Waals surface area (Å²) in [5, 5.41) is 2.83. The topological polar surface area (TPSA) is 118 Å². The van der Waals surface area contributed by atoms with Gasteiger partial charge in [-0.05, 0) is 114 Å². The van der Waals surface area contributed by atoms with Crippen molar-refractivity contribution in [3.05, 3.63) is 81.7 Å². The fraction of sp³-hybridized carbons (Fsp3) is 0.436. The Morgan fingerprint density at radius 1 is 0.654 bits per heavy atom. The number of ether oxygens (including phenoxy) is 3. The summed E-state index contributed by atoms with van der Waals surface area (Å²) < 4.78 is 18.0. The standard InChI is InChI=1S/C23H27BrN2O4.C16H21BrN2O3/c1-23(2,3)30-21(27)13-16-14-25(18-7-5-17(24)6-8-18)22(28)26(15-16)19-9-11-20(29-4)12-10-19;1-16(2,3)22-14(20)8-11-9-18-15(21)19(10-11)13-6-4-12(17)5-7-13/h5-12,16H,13-15H2,1-4H3;4-7,11H,8-10H2,1-3H3,(H,18,21). The Morgan fingerprint density at radius 2 is 1.04 bits per heavy atom. The van der Waals surface area contributed by atoms with E-state index in [2.05, 4.69) is 37.2 Å². The smallest absolute Gasteiger partial charge is 0.328 e. The van der Waals surface area contributed by atoms with Crippen LogP contribution in [0.25, 0.3) is 0 Å². The zero-order chi connectivity index (χ0) is 38.2. The highest BCUT2D eigenvalue weighted by Gasteiger charge is 2.35. The molecule has 1 N–H and O–H groups in total. The molecule has 4 amide bonds. The fourth-order valence-corrected chi connectivity index (χ4v) is 6.30. The Hall–Kier alpha value is -4.10. The van der Waals surface area contributed by atoms with Crippen molar-refractivity contribution in [1.29, 1.82) is 0 Å². The summed E-state index contributed by atoms with van der Waals surface area (Å²) in [6, 6.07) is 22.2. The Bertz CT molecular complexity index is 1690. The van der Waals surface area contributed by atoms with Gasteiger partial charge in [-0.2, -0.15) is 0 Å². The molecule has 3 aromatic rings. The number of hydrogen-bond donors (Lipinski definition) is 1. The Labute approximate surface area is 323 Å². The van der Waals surface area contributed by atoms with Gasteiger partial charge in [-0.3, -0.25) is 24.3 Å². The lowest BCUT2D eigenvalue weighted by Crippen LogP contribution is -2.54. The van der Waals surface area contributed by atoms with Gasteiger partial charge in [0.1, 0.15) is 17.0 Å². The number of urea groups is 2. The minimum Gasteiger partial charge on any atom is -0.497 e. The number of halogens is 2. The highest BCUT2D eigenvalue weighted by Crippen LogP contribution is 2.31. The lowest BCUT2D eigenvalue weighted by Gasteiger charge is -2.40. The van der Waals surface area contributed by atoms with E-state index in [4.69, 9.17) is 14.2 Å². The van der Waals surface area contributed by atoms with Crippen molar-refractivity contribution in [2.75, 3.05) is 48.0 Å². The van der Waals surface area contributed by atoms with Gasteiger partial charge in [-0.1, -0.05) is 31.9 Å². The molecule has 2 aliphatic rings. The number of esters is 2. The van der Waals surface area contributed by atoms with Gasteiger partial charge >= 0.3 is 24.0 Å². The molecule has 0 aliphatic carbocycles. The summed E-state index contributed by atoms with van der Waals surface area (Å²) >= 11 is 6.81. The molecule has 5 rings (SSSR count). The van der Waals surface area contributed by atoms with E-state index >= 15 is 0 Å². The summed E-state index contributed by atoms with van der Waals surface area (Å²) in [6.07, 6.45) is 0.537. The molecular formula is C39H48Br2N4O7. The molecule has 2 saturated heterocycles. The third-order valence-electron chi connectivity index (χ3n) is 7.98. The molecule has 2 atom stereocenters. The van der Waals surface area contributed by atoms with Gasteiger partial charge < -0.3 is 19.5 Å². The molecule has 11 nitrogen and oxygen atoms in total. The normalized spacial score (nSPS) is 17.8. The summed E-state index contributed by atoms with van der Waals surface area (Å²) in [5.74, 6) is 0.203. The number of nitrogens with zero attached hydrogens (tertiary/aromatic N) is 3. The minimum absolute atomic E-state index is 0.0381. The number of rotatable bonds is 8. The third kappa shape index (κ3) is 12.3. The molecule has 3 aromatic carbocycles. The molecule has 0 spiro atoms. The number of nitrogens with one attached hydrogen (secondary N) is 1.